The molecule has 27 heavy (non-hydrogen) atoms. The van der Waals surface area contributed by atoms with Gasteiger partial charge in [-0.1, -0.05) is 19.1 Å². The SMILES string of the molecule is CCCN(CC1CC1)C(=O)CCc1ccc(S(=O)(=O)N2CCOCC2)cc1. The largest absolute Gasteiger partial charge is 0.379 e. The first-order valence-electron chi connectivity index (χ1n) is 9.95. The fourth-order valence-corrected chi connectivity index (χ4v) is 4.78. The third-order valence-electron chi connectivity index (χ3n) is 5.18. The van der Waals surface area contributed by atoms with E-state index in [1.54, 1.807) is 12.1 Å². The molecule has 0 bridgehead atoms. The Labute approximate surface area is 162 Å². The van der Waals surface area contributed by atoms with Crippen molar-refractivity contribution >= 4 is 15.9 Å². The fourth-order valence-electron chi connectivity index (χ4n) is 3.37. The summed E-state index contributed by atoms with van der Waals surface area (Å²) in [6.45, 7) is 5.49. The van der Waals surface area contributed by atoms with E-state index in [9.17, 15) is 13.2 Å². The second-order valence-electron chi connectivity index (χ2n) is 7.44. The highest BCUT2D eigenvalue weighted by molar-refractivity contribution is 7.89. The Kier molecular flexibility index (Phi) is 6.89. The second kappa shape index (κ2) is 9.17. The van der Waals surface area contributed by atoms with Crippen LogP contribution in [0.25, 0.3) is 0 Å². The van der Waals surface area contributed by atoms with Crippen molar-refractivity contribution in [1.82, 2.24) is 9.21 Å². The number of aryl methyl sites for hydroxylation is 1. The molecule has 150 valence electrons. The van der Waals surface area contributed by atoms with E-state index in [0.29, 0.717) is 50.0 Å². The lowest BCUT2D eigenvalue weighted by Gasteiger charge is -2.26. The molecule has 0 aromatic heterocycles. The first-order valence-corrected chi connectivity index (χ1v) is 11.4. The van der Waals surface area contributed by atoms with Gasteiger partial charge in [-0.3, -0.25) is 4.79 Å². The Hall–Kier alpha value is -1.44. The molecule has 6 nitrogen and oxygen atoms in total. The van der Waals surface area contributed by atoms with Crippen LogP contribution in [-0.2, 0) is 26.0 Å². The number of benzene rings is 1. The second-order valence-corrected chi connectivity index (χ2v) is 9.38. The maximum Gasteiger partial charge on any atom is 0.243 e. The number of hydrogen-bond acceptors (Lipinski definition) is 4. The molecule has 1 saturated heterocycles. The van der Waals surface area contributed by atoms with Gasteiger partial charge in [-0.25, -0.2) is 8.42 Å². The highest BCUT2D eigenvalue weighted by Crippen LogP contribution is 2.30. The zero-order chi connectivity index (χ0) is 19.3. The van der Waals surface area contributed by atoms with Gasteiger partial charge < -0.3 is 9.64 Å². The Morgan fingerprint density at radius 2 is 1.85 bits per heavy atom. The molecule has 1 amide bonds. The van der Waals surface area contributed by atoms with Gasteiger partial charge >= 0.3 is 0 Å². The summed E-state index contributed by atoms with van der Waals surface area (Å²) >= 11 is 0. The number of sulfonamides is 1. The number of nitrogens with zero attached hydrogens (tertiary/aromatic N) is 2. The average molecular weight is 395 g/mol. The van der Waals surface area contributed by atoms with Gasteiger partial charge in [0.2, 0.25) is 15.9 Å². The molecule has 0 spiro atoms. The van der Waals surface area contributed by atoms with E-state index in [1.165, 1.54) is 17.1 Å². The molecule has 7 heteroatoms. The van der Waals surface area contributed by atoms with Crippen molar-refractivity contribution in [2.45, 2.75) is 43.9 Å². The topological polar surface area (TPSA) is 66.9 Å². The molecule has 1 saturated carbocycles. The lowest BCUT2D eigenvalue weighted by molar-refractivity contribution is -0.131. The Morgan fingerprint density at radius 3 is 2.44 bits per heavy atom. The number of carbonyl (C=O) groups excluding carboxylic acids is 1. The van der Waals surface area contributed by atoms with E-state index >= 15 is 0 Å². The molecule has 0 unspecified atom stereocenters. The van der Waals surface area contributed by atoms with Crippen LogP contribution in [0, 0.1) is 5.92 Å². The number of ether oxygens (including phenoxy) is 1. The summed E-state index contributed by atoms with van der Waals surface area (Å²) < 4.78 is 32.0. The van der Waals surface area contributed by atoms with Crippen molar-refractivity contribution in [1.29, 1.82) is 0 Å². The first-order chi connectivity index (χ1) is 13.0. The Morgan fingerprint density at radius 1 is 1.19 bits per heavy atom. The highest BCUT2D eigenvalue weighted by atomic mass is 32.2. The third kappa shape index (κ3) is 5.53. The number of carbonyl (C=O) groups is 1. The summed E-state index contributed by atoms with van der Waals surface area (Å²) in [4.78, 5) is 14.8. The molecule has 0 N–H and O–H groups in total. The van der Waals surface area contributed by atoms with E-state index in [2.05, 4.69) is 6.92 Å². The van der Waals surface area contributed by atoms with Gasteiger partial charge in [0.15, 0.2) is 0 Å². The van der Waals surface area contributed by atoms with Gasteiger partial charge in [0.1, 0.15) is 0 Å². The quantitative estimate of drug-likeness (QED) is 0.645. The minimum absolute atomic E-state index is 0.203. The molecule has 0 radical (unpaired) electrons. The van der Waals surface area contributed by atoms with Crippen LogP contribution in [0.2, 0.25) is 0 Å². The van der Waals surface area contributed by atoms with Gasteiger partial charge in [-0.15, -0.1) is 0 Å². The minimum atomic E-state index is -3.46. The van der Waals surface area contributed by atoms with Crippen molar-refractivity contribution in [2.75, 3.05) is 39.4 Å². The van der Waals surface area contributed by atoms with E-state index < -0.39 is 10.0 Å². The number of rotatable bonds is 9. The van der Waals surface area contributed by atoms with Gasteiger partial charge in [0.05, 0.1) is 18.1 Å². The van der Waals surface area contributed by atoms with E-state index in [4.69, 9.17) is 4.74 Å². The van der Waals surface area contributed by atoms with E-state index in [-0.39, 0.29) is 5.91 Å². The summed E-state index contributed by atoms with van der Waals surface area (Å²) in [6.07, 6.45) is 4.58. The maximum absolute atomic E-state index is 12.6. The summed E-state index contributed by atoms with van der Waals surface area (Å²) in [5.74, 6) is 0.902. The van der Waals surface area contributed by atoms with Crippen LogP contribution >= 0.6 is 0 Å². The van der Waals surface area contributed by atoms with Gasteiger partial charge in [0.25, 0.3) is 0 Å². The molecule has 1 heterocycles. The predicted octanol–water partition coefficient (Wildman–Crippen LogP) is 2.29. The molecule has 3 rings (SSSR count). The zero-order valence-corrected chi connectivity index (χ0v) is 16.9. The molecular formula is C20H30N2O4S. The molecule has 1 aromatic rings. The van der Waals surface area contributed by atoms with Crippen molar-refractivity contribution in [3.63, 3.8) is 0 Å². The van der Waals surface area contributed by atoms with Crippen LogP contribution in [-0.4, -0.2) is 62.9 Å². The Bertz CT molecular complexity index is 723. The minimum Gasteiger partial charge on any atom is -0.379 e. The molecule has 2 fully saturated rings. The van der Waals surface area contributed by atoms with Crippen LogP contribution in [0.3, 0.4) is 0 Å². The molecule has 2 aliphatic rings. The van der Waals surface area contributed by atoms with Gasteiger partial charge in [-0.05, 0) is 49.3 Å². The number of amides is 1. The third-order valence-corrected chi connectivity index (χ3v) is 7.09. The summed E-state index contributed by atoms with van der Waals surface area (Å²) in [5.41, 5.74) is 0.993. The fraction of sp³-hybridized carbons (Fsp3) is 0.650. The van der Waals surface area contributed by atoms with Crippen LogP contribution in [0.1, 0.15) is 38.2 Å². The van der Waals surface area contributed by atoms with Crippen molar-refractivity contribution < 1.29 is 17.9 Å². The highest BCUT2D eigenvalue weighted by Gasteiger charge is 2.27. The van der Waals surface area contributed by atoms with Crippen molar-refractivity contribution in [2.24, 2.45) is 5.92 Å². The molecule has 1 aliphatic heterocycles. The number of hydrogen-bond donors (Lipinski definition) is 0. The molecule has 1 aliphatic carbocycles. The van der Waals surface area contributed by atoms with Crippen molar-refractivity contribution in [3.8, 4) is 0 Å². The summed E-state index contributed by atoms with van der Waals surface area (Å²) in [5, 5.41) is 0. The predicted molar refractivity (Wildman–Crippen MR) is 104 cm³/mol. The Balaban J connectivity index is 1.56. The van der Waals surface area contributed by atoms with Crippen LogP contribution in [0.15, 0.2) is 29.2 Å². The smallest absolute Gasteiger partial charge is 0.243 e. The average Bonchev–Trinajstić information content (AvgIpc) is 3.51. The monoisotopic (exact) mass is 394 g/mol. The maximum atomic E-state index is 12.6. The zero-order valence-electron chi connectivity index (χ0n) is 16.1. The van der Waals surface area contributed by atoms with Gasteiger partial charge in [-0.2, -0.15) is 4.31 Å². The van der Waals surface area contributed by atoms with Crippen LogP contribution in [0.4, 0.5) is 0 Å². The number of morpholine rings is 1. The first kappa shape index (κ1) is 20.3. The standard InChI is InChI=1S/C20H30N2O4S/c1-2-11-21(16-18-3-4-18)20(23)10-7-17-5-8-19(9-6-17)27(24,25)22-12-14-26-15-13-22/h5-6,8-9,18H,2-4,7,10-16H2,1H3. The van der Waals surface area contributed by atoms with E-state index in [1.807, 2.05) is 17.0 Å². The molecule has 0 atom stereocenters. The van der Waals surface area contributed by atoms with Crippen molar-refractivity contribution in [3.05, 3.63) is 29.8 Å². The summed E-state index contributed by atoms with van der Waals surface area (Å²) in [7, 11) is -3.46. The lowest BCUT2D eigenvalue weighted by atomic mass is 10.1. The normalized spacial score (nSPS) is 18.4. The molecular weight excluding hydrogens is 364 g/mol. The summed E-state index contributed by atoms with van der Waals surface area (Å²) in [6, 6.07) is 6.95. The molecule has 1 aromatic carbocycles. The van der Waals surface area contributed by atoms with E-state index in [0.717, 1.165) is 25.1 Å². The van der Waals surface area contributed by atoms with Crippen LogP contribution in [0.5, 0.6) is 0 Å². The van der Waals surface area contributed by atoms with Gasteiger partial charge in [0, 0.05) is 32.6 Å². The van der Waals surface area contributed by atoms with Crippen LogP contribution < -0.4 is 0 Å². The lowest BCUT2D eigenvalue weighted by Crippen LogP contribution is -2.40.